The van der Waals surface area contributed by atoms with Crippen LogP contribution in [0.5, 0.6) is 0 Å². The minimum Gasteiger partial charge on any atom is -0.450 e. The van der Waals surface area contributed by atoms with Crippen molar-refractivity contribution < 1.29 is 14.0 Å². The minimum absolute atomic E-state index is 0.0500. The van der Waals surface area contributed by atoms with Crippen molar-refractivity contribution in [3.05, 3.63) is 64.8 Å². The number of carbonyl (C=O) groups is 2. The predicted octanol–water partition coefficient (Wildman–Crippen LogP) is 4.69. The van der Waals surface area contributed by atoms with Crippen LogP contribution < -0.4 is 5.32 Å². The largest absolute Gasteiger partial charge is 0.450 e. The van der Waals surface area contributed by atoms with E-state index in [9.17, 15) is 9.59 Å². The van der Waals surface area contributed by atoms with Gasteiger partial charge in [-0.3, -0.25) is 9.59 Å². The van der Waals surface area contributed by atoms with Crippen molar-refractivity contribution in [1.82, 2.24) is 4.90 Å². The summed E-state index contributed by atoms with van der Waals surface area (Å²) in [6.45, 7) is 1.03. The highest BCUT2D eigenvalue weighted by molar-refractivity contribution is 9.10. The Balaban J connectivity index is 1.47. The second-order valence-electron chi connectivity index (χ2n) is 6.71. The number of rotatable bonds is 3. The summed E-state index contributed by atoms with van der Waals surface area (Å²) in [6.07, 6.45) is 1.57. The van der Waals surface area contributed by atoms with Gasteiger partial charge < -0.3 is 14.6 Å². The number of hydrogen-bond acceptors (Lipinski definition) is 3. The number of anilines is 1. The second kappa shape index (κ2) is 7.56. The molecule has 0 saturated carbocycles. The number of benzene rings is 2. The molecule has 0 aliphatic carbocycles. The van der Waals surface area contributed by atoms with E-state index in [-0.39, 0.29) is 17.7 Å². The van der Waals surface area contributed by atoms with Gasteiger partial charge in [0.15, 0.2) is 5.76 Å². The third-order valence-electron chi connectivity index (χ3n) is 4.83. The monoisotopic (exact) mass is 426 g/mol. The molecule has 1 fully saturated rings. The molecule has 1 aliphatic rings. The molecule has 4 rings (SSSR count). The van der Waals surface area contributed by atoms with Gasteiger partial charge in [0, 0.05) is 24.2 Å². The van der Waals surface area contributed by atoms with E-state index >= 15 is 0 Å². The predicted molar refractivity (Wildman–Crippen MR) is 108 cm³/mol. The van der Waals surface area contributed by atoms with Crippen LogP contribution in [0.3, 0.4) is 0 Å². The average molecular weight is 427 g/mol. The normalized spacial score (nSPS) is 17.1. The van der Waals surface area contributed by atoms with Crippen LogP contribution in [0.1, 0.15) is 23.4 Å². The van der Waals surface area contributed by atoms with Crippen molar-refractivity contribution in [3.8, 4) is 0 Å². The molecule has 1 unspecified atom stereocenters. The summed E-state index contributed by atoms with van der Waals surface area (Å²) in [7, 11) is 0. The molecule has 6 heteroatoms. The quantitative estimate of drug-likeness (QED) is 0.660. The van der Waals surface area contributed by atoms with Crippen LogP contribution >= 0.6 is 15.9 Å². The molecule has 0 radical (unpaired) electrons. The Kier molecular flexibility index (Phi) is 4.99. The Morgan fingerprint density at radius 3 is 2.70 bits per heavy atom. The lowest BCUT2D eigenvalue weighted by molar-refractivity contribution is -0.121. The summed E-state index contributed by atoms with van der Waals surface area (Å²) < 4.78 is 6.58. The van der Waals surface area contributed by atoms with Crippen molar-refractivity contribution in [2.75, 3.05) is 18.4 Å². The topological polar surface area (TPSA) is 62.6 Å². The lowest BCUT2D eigenvalue weighted by Gasteiger charge is -2.31. The maximum atomic E-state index is 12.9. The molecule has 1 saturated heterocycles. The number of fused-ring (bicyclic) bond motifs is 1. The molecule has 2 aromatic carbocycles. The first-order chi connectivity index (χ1) is 13.1. The van der Waals surface area contributed by atoms with Crippen LogP contribution in [0.4, 0.5) is 5.69 Å². The number of amides is 2. The molecule has 0 spiro atoms. The van der Waals surface area contributed by atoms with Crippen LogP contribution in [0.25, 0.3) is 11.0 Å². The SMILES string of the molecule is O=C(Nc1ccccc1)C1CCCN(C(=O)c2cc3cccc(Br)c3o2)C1. The highest BCUT2D eigenvalue weighted by Crippen LogP contribution is 2.28. The third-order valence-corrected chi connectivity index (χ3v) is 5.45. The van der Waals surface area contributed by atoms with E-state index in [0.717, 1.165) is 28.4 Å². The molecule has 27 heavy (non-hydrogen) atoms. The zero-order chi connectivity index (χ0) is 18.8. The van der Waals surface area contributed by atoms with Gasteiger partial charge in [-0.15, -0.1) is 0 Å². The highest BCUT2D eigenvalue weighted by Gasteiger charge is 2.30. The molecule has 2 amide bonds. The molecule has 2 heterocycles. The second-order valence-corrected chi connectivity index (χ2v) is 7.57. The number of hydrogen-bond donors (Lipinski definition) is 1. The van der Waals surface area contributed by atoms with E-state index in [1.165, 1.54) is 0 Å². The fourth-order valence-corrected chi connectivity index (χ4v) is 3.89. The van der Waals surface area contributed by atoms with E-state index < -0.39 is 0 Å². The molecule has 1 aliphatic heterocycles. The van der Waals surface area contributed by atoms with Gasteiger partial charge in [0.1, 0.15) is 5.58 Å². The highest BCUT2D eigenvalue weighted by atomic mass is 79.9. The van der Waals surface area contributed by atoms with Crippen LogP contribution in [0.2, 0.25) is 0 Å². The van der Waals surface area contributed by atoms with E-state index in [4.69, 9.17) is 4.42 Å². The number of para-hydroxylation sites is 2. The van der Waals surface area contributed by atoms with Crippen molar-refractivity contribution in [3.63, 3.8) is 0 Å². The van der Waals surface area contributed by atoms with Crippen LogP contribution in [0, 0.1) is 5.92 Å². The number of piperidine rings is 1. The maximum Gasteiger partial charge on any atom is 0.289 e. The number of furan rings is 1. The lowest BCUT2D eigenvalue weighted by Crippen LogP contribution is -2.43. The van der Waals surface area contributed by atoms with Gasteiger partial charge >= 0.3 is 0 Å². The summed E-state index contributed by atoms with van der Waals surface area (Å²) in [5.74, 6) is -0.138. The molecule has 5 nitrogen and oxygen atoms in total. The van der Waals surface area contributed by atoms with Crippen LogP contribution in [-0.2, 0) is 4.79 Å². The maximum absolute atomic E-state index is 12.9. The molecule has 1 atom stereocenters. The van der Waals surface area contributed by atoms with Crippen molar-refractivity contribution in [1.29, 1.82) is 0 Å². The zero-order valence-corrected chi connectivity index (χ0v) is 16.2. The standard InChI is InChI=1S/C21H19BrN2O3/c22-17-10-4-6-14-12-18(27-19(14)17)21(26)24-11-5-7-15(13-24)20(25)23-16-8-2-1-3-9-16/h1-4,6,8-10,12,15H,5,7,11,13H2,(H,23,25). The number of halogens is 1. The first-order valence-electron chi connectivity index (χ1n) is 8.95. The third kappa shape index (κ3) is 3.76. The Hall–Kier alpha value is -2.60. The minimum atomic E-state index is -0.223. The molecule has 1 N–H and O–H groups in total. The zero-order valence-electron chi connectivity index (χ0n) is 14.7. The number of nitrogens with zero attached hydrogens (tertiary/aromatic N) is 1. The van der Waals surface area contributed by atoms with Gasteiger partial charge in [0.05, 0.1) is 10.4 Å². The van der Waals surface area contributed by atoms with E-state index in [0.29, 0.717) is 24.4 Å². The lowest BCUT2D eigenvalue weighted by atomic mass is 9.96. The fourth-order valence-electron chi connectivity index (χ4n) is 3.43. The molecule has 0 bridgehead atoms. The smallest absolute Gasteiger partial charge is 0.289 e. The van der Waals surface area contributed by atoms with Gasteiger partial charge in [-0.25, -0.2) is 0 Å². The van der Waals surface area contributed by atoms with Gasteiger partial charge in [-0.05, 0) is 53.0 Å². The number of likely N-dealkylation sites (tertiary alicyclic amines) is 1. The van der Waals surface area contributed by atoms with Crippen molar-refractivity contribution in [2.24, 2.45) is 5.92 Å². The van der Waals surface area contributed by atoms with Gasteiger partial charge in [-0.1, -0.05) is 30.3 Å². The first-order valence-corrected chi connectivity index (χ1v) is 9.74. The summed E-state index contributed by atoms with van der Waals surface area (Å²) in [5, 5.41) is 3.81. The van der Waals surface area contributed by atoms with Gasteiger partial charge in [0.2, 0.25) is 5.91 Å². The molecular weight excluding hydrogens is 408 g/mol. The van der Waals surface area contributed by atoms with E-state index in [1.807, 2.05) is 48.5 Å². The molecule has 138 valence electrons. The average Bonchev–Trinajstić information content (AvgIpc) is 3.14. The first kappa shape index (κ1) is 17.8. The Morgan fingerprint density at radius 1 is 1.11 bits per heavy atom. The summed E-state index contributed by atoms with van der Waals surface area (Å²) >= 11 is 3.44. The van der Waals surface area contributed by atoms with Crippen LogP contribution in [0.15, 0.2) is 63.5 Å². The van der Waals surface area contributed by atoms with Crippen molar-refractivity contribution in [2.45, 2.75) is 12.8 Å². The van der Waals surface area contributed by atoms with Crippen molar-refractivity contribution >= 4 is 44.4 Å². The molecule has 1 aromatic heterocycles. The summed E-state index contributed by atoms with van der Waals surface area (Å²) in [5.41, 5.74) is 1.43. The summed E-state index contributed by atoms with van der Waals surface area (Å²) in [6, 6.07) is 16.8. The summed E-state index contributed by atoms with van der Waals surface area (Å²) in [4.78, 5) is 27.2. The van der Waals surface area contributed by atoms with Crippen LogP contribution in [-0.4, -0.2) is 29.8 Å². The van der Waals surface area contributed by atoms with E-state index in [2.05, 4.69) is 21.2 Å². The number of nitrogens with one attached hydrogen (secondary N) is 1. The fraction of sp³-hybridized carbons (Fsp3) is 0.238. The Bertz CT molecular complexity index is 984. The van der Waals surface area contributed by atoms with Gasteiger partial charge in [-0.2, -0.15) is 0 Å². The van der Waals surface area contributed by atoms with E-state index in [1.54, 1.807) is 11.0 Å². The van der Waals surface area contributed by atoms with Gasteiger partial charge in [0.25, 0.3) is 5.91 Å². The molecule has 3 aromatic rings. The Labute approximate surface area is 165 Å². The Morgan fingerprint density at radius 2 is 1.93 bits per heavy atom. The molecular formula is C21H19BrN2O3. The number of carbonyl (C=O) groups excluding carboxylic acids is 2.